The Balaban J connectivity index is 2.34. The number of para-hydroxylation sites is 1. The highest BCUT2D eigenvalue weighted by Crippen LogP contribution is 2.42. The number of benzene rings is 2. The number of rotatable bonds is 5. The molecule has 2 nitrogen and oxygen atoms in total. The van der Waals surface area contributed by atoms with Crippen LogP contribution in [0.5, 0.6) is 5.75 Å². The molecule has 2 unspecified atom stereocenters. The minimum Gasteiger partial charge on any atom is -0.496 e. The summed E-state index contributed by atoms with van der Waals surface area (Å²) in [4.78, 5) is 1.13. The molecule has 2 aromatic carbocycles. The van der Waals surface area contributed by atoms with Gasteiger partial charge < -0.3 is 10.5 Å². The van der Waals surface area contributed by atoms with Gasteiger partial charge in [-0.1, -0.05) is 36.4 Å². The van der Waals surface area contributed by atoms with Crippen LogP contribution in [0.4, 0.5) is 0 Å². The first-order chi connectivity index (χ1) is 9.63. The third kappa shape index (κ3) is 3.35. The lowest BCUT2D eigenvalue weighted by Crippen LogP contribution is -2.23. The minimum atomic E-state index is 0.0611. The fraction of sp³-hybridized carbons (Fsp3) is 0.294. The number of hydrogen-bond donors (Lipinski definition) is 1. The predicted molar refractivity (Wildman–Crippen MR) is 86.4 cm³/mol. The zero-order valence-corrected chi connectivity index (χ0v) is 13.0. The average molecular weight is 287 g/mol. The molecule has 0 aromatic heterocycles. The van der Waals surface area contributed by atoms with E-state index < -0.39 is 0 Å². The van der Waals surface area contributed by atoms with Gasteiger partial charge in [-0.3, -0.25) is 0 Å². The van der Waals surface area contributed by atoms with E-state index in [0.717, 1.165) is 10.6 Å². The largest absolute Gasteiger partial charge is 0.496 e. The smallest absolute Gasteiger partial charge is 0.132 e. The van der Waals surface area contributed by atoms with Gasteiger partial charge in [-0.25, -0.2) is 0 Å². The molecule has 106 valence electrons. The third-order valence-corrected chi connectivity index (χ3v) is 4.82. The van der Waals surface area contributed by atoms with Crippen molar-refractivity contribution in [1.29, 1.82) is 0 Å². The van der Waals surface area contributed by atoms with Crippen LogP contribution in [-0.4, -0.2) is 13.2 Å². The molecule has 0 amide bonds. The van der Waals surface area contributed by atoms with Crippen LogP contribution in [0, 0.1) is 6.92 Å². The van der Waals surface area contributed by atoms with Crippen LogP contribution in [0.2, 0.25) is 0 Å². The maximum Gasteiger partial charge on any atom is 0.132 e. The van der Waals surface area contributed by atoms with Crippen molar-refractivity contribution in [2.75, 3.05) is 7.11 Å². The molecule has 2 N–H and O–H groups in total. The lowest BCUT2D eigenvalue weighted by atomic mass is 10.0. The molecule has 0 aliphatic rings. The first kappa shape index (κ1) is 14.9. The molecule has 0 radical (unpaired) electrons. The molecule has 0 spiro atoms. The monoisotopic (exact) mass is 287 g/mol. The molecule has 0 aliphatic carbocycles. The van der Waals surface area contributed by atoms with Crippen LogP contribution in [0.25, 0.3) is 0 Å². The van der Waals surface area contributed by atoms with Gasteiger partial charge in [-0.2, -0.15) is 0 Å². The van der Waals surface area contributed by atoms with E-state index in [0.29, 0.717) is 0 Å². The van der Waals surface area contributed by atoms with Crippen molar-refractivity contribution in [2.45, 2.75) is 30.0 Å². The molecular formula is C17H21NOS. The summed E-state index contributed by atoms with van der Waals surface area (Å²) in [5.74, 6) is 0.900. The van der Waals surface area contributed by atoms with Crippen LogP contribution < -0.4 is 10.5 Å². The van der Waals surface area contributed by atoms with E-state index in [1.54, 1.807) is 18.9 Å². The molecule has 0 aliphatic heterocycles. The van der Waals surface area contributed by atoms with E-state index in [4.69, 9.17) is 10.5 Å². The van der Waals surface area contributed by atoms with Crippen LogP contribution in [0.15, 0.2) is 53.4 Å². The SMILES string of the molecule is COc1ccccc1SC(c1ccccc1C)C(C)N. The summed E-state index contributed by atoms with van der Waals surface area (Å²) in [5.41, 5.74) is 8.78. The number of methoxy groups -OCH3 is 1. The van der Waals surface area contributed by atoms with Gasteiger partial charge in [0, 0.05) is 16.2 Å². The molecule has 2 atom stereocenters. The zero-order valence-electron chi connectivity index (χ0n) is 12.2. The first-order valence-electron chi connectivity index (χ1n) is 6.74. The summed E-state index contributed by atoms with van der Waals surface area (Å²) in [5, 5.41) is 0.215. The zero-order chi connectivity index (χ0) is 14.5. The lowest BCUT2D eigenvalue weighted by Gasteiger charge is -2.23. The van der Waals surface area contributed by atoms with Crippen molar-refractivity contribution < 1.29 is 4.74 Å². The Morgan fingerprint density at radius 2 is 1.70 bits per heavy atom. The average Bonchev–Trinajstić information content (AvgIpc) is 2.46. The second-order valence-electron chi connectivity index (χ2n) is 4.91. The number of hydrogen-bond acceptors (Lipinski definition) is 3. The van der Waals surface area contributed by atoms with Gasteiger partial charge in [0.2, 0.25) is 0 Å². The van der Waals surface area contributed by atoms with Gasteiger partial charge in [0.05, 0.1) is 7.11 Å². The Kier molecular flexibility index (Phi) is 5.10. The molecule has 0 saturated carbocycles. The summed E-state index contributed by atoms with van der Waals surface area (Å²) >= 11 is 1.77. The van der Waals surface area contributed by atoms with E-state index in [2.05, 4.69) is 44.2 Å². The van der Waals surface area contributed by atoms with Gasteiger partial charge >= 0.3 is 0 Å². The van der Waals surface area contributed by atoms with Gasteiger partial charge in [-0.15, -0.1) is 11.8 Å². The molecule has 0 saturated heterocycles. The standard InChI is InChI=1S/C17H21NOS/c1-12-8-4-5-9-14(12)17(13(2)18)20-16-11-7-6-10-15(16)19-3/h4-11,13,17H,18H2,1-3H3. The molecule has 20 heavy (non-hydrogen) atoms. The first-order valence-corrected chi connectivity index (χ1v) is 7.62. The summed E-state index contributed by atoms with van der Waals surface area (Å²) in [7, 11) is 1.70. The summed E-state index contributed by atoms with van der Waals surface area (Å²) in [6, 6.07) is 16.6. The highest BCUT2D eigenvalue weighted by Gasteiger charge is 2.20. The fourth-order valence-electron chi connectivity index (χ4n) is 2.21. The quantitative estimate of drug-likeness (QED) is 0.838. The number of ether oxygens (including phenoxy) is 1. The summed E-state index contributed by atoms with van der Waals surface area (Å²) in [6.45, 7) is 4.19. The van der Waals surface area contributed by atoms with Crippen LogP contribution in [0.3, 0.4) is 0 Å². The molecule has 0 heterocycles. The van der Waals surface area contributed by atoms with Crippen molar-refractivity contribution in [2.24, 2.45) is 5.73 Å². The number of aryl methyl sites for hydroxylation is 1. The Hall–Kier alpha value is -1.45. The maximum atomic E-state index is 6.22. The predicted octanol–water partition coefficient (Wildman–Crippen LogP) is 4.18. The van der Waals surface area contributed by atoms with Crippen molar-refractivity contribution in [3.05, 3.63) is 59.7 Å². The van der Waals surface area contributed by atoms with Gasteiger partial charge in [-0.05, 0) is 37.1 Å². The van der Waals surface area contributed by atoms with Crippen LogP contribution >= 0.6 is 11.8 Å². The topological polar surface area (TPSA) is 35.2 Å². The van der Waals surface area contributed by atoms with Crippen LogP contribution in [0.1, 0.15) is 23.3 Å². The highest BCUT2D eigenvalue weighted by atomic mass is 32.2. The lowest BCUT2D eigenvalue weighted by molar-refractivity contribution is 0.404. The van der Waals surface area contributed by atoms with E-state index in [1.807, 2.05) is 18.2 Å². The molecular weight excluding hydrogens is 266 g/mol. The molecule has 2 rings (SSSR count). The Labute approximate surface area is 125 Å². The van der Waals surface area contributed by atoms with E-state index in [9.17, 15) is 0 Å². The van der Waals surface area contributed by atoms with Crippen LogP contribution in [-0.2, 0) is 0 Å². The van der Waals surface area contributed by atoms with E-state index in [1.165, 1.54) is 11.1 Å². The second-order valence-corrected chi connectivity index (χ2v) is 6.09. The highest BCUT2D eigenvalue weighted by molar-refractivity contribution is 7.99. The number of thioether (sulfide) groups is 1. The van der Waals surface area contributed by atoms with Crippen molar-refractivity contribution >= 4 is 11.8 Å². The van der Waals surface area contributed by atoms with Crippen molar-refractivity contribution in [1.82, 2.24) is 0 Å². The number of nitrogens with two attached hydrogens (primary N) is 1. The maximum absolute atomic E-state index is 6.22. The fourth-order valence-corrected chi connectivity index (χ4v) is 3.52. The summed E-state index contributed by atoms with van der Waals surface area (Å²) in [6.07, 6.45) is 0. The normalized spacial score (nSPS) is 13.8. The Morgan fingerprint density at radius 3 is 2.35 bits per heavy atom. The molecule has 0 fully saturated rings. The molecule has 3 heteroatoms. The third-order valence-electron chi connectivity index (χ3n) is 3.30. The minimum absolute atomic E-state index is 0.0611. The van der Waals surface area contributed by atoms with Gasteiger partial charge in [0.15, 0.2) is 0 Å². The Bertz CT molecular complexity index is 568. The van der Waals surface area contributed by atoms with Gasteiger partial charge in [0.25, 0.3) is 0 Å². The van der Waals surface area contributed by atoms with Crippen molar-refractivity contribution in [3.8, 4) is 5.75 Å². The summed E-state index contributed by atoms with van der Waals surface area (Å²) < 4.78 is 5.43. The second kappa shape index (κ2) is 6.82. The molecule has 0 bridgehead atoms. The van der Waals surface area contributed by atoms with Crippen molar-refractivity contribution in [3.63, 3.8) is 0 Å². The van der Waals surface area contributed by atoms with E-state index >= 15 is 0 Å². The molecule has 2 aromatic rings. The van der Waals surface area contributed by atoms with E-state index in [-0.39, 0.29) is 11.3 Å². The van der Waals surface area contributed by atoms with Gasteiger partial charge in [0.1, 0.15) is 5.75 Å². The Morgan fingerprint density at radius 1 is 1.05 bits per heavy atom.